The number of carbonyl (C=O) groups excluding carboxylic acids is 1. The second-order valence-electron chi connectivity index (χ2n) is 13.9. The van der Waals surface area contributed by atoms with Gasteiger partial charge in [0.2, 0.25) is 11.8 Å². The minimum Gasteiger partial charge on any atom is -0.480 e. The number of hydrogen-bond acceptors (Lipinski definition) is 8. The van der Waals surface area contributed by atoms with Crippen molar-refractivity contribution in [3.63, 3.8) is 0 Å². The van der Waals surface area contributed by atoms with Crippen LogP contribution in [0.25, 0.3) is 0 Å². The average Bonchev–Trinajstić information content (AvgIpc) is 3.00. The van der Waals surface area contributed by atoms with E-state index in [1.807, 2.05) is 70.2 Å². The lowest BCUT2D eigenvalue weighted by atomic mass is 9.87. The van der Waals surface area contributed by atoms with Gasteiger partial charge in [0, 0.05) is 12.8 Å². The van der Waals surface area contributed by atoms with E-state index < -0.39 is 32.2 Å². The molecular formula is C37H62N2O6Si. The molecule has 0 spiro atoms. The van der Waals surface area contributed by atoms with Gasteiger partial charge in [-0.05, 0) is 64.2 Å². The molecule has 0 amide bonds. The Kier molecular flexibility index (Phi) is 16.3. The number of ether oxygens (including phenoxy) is 3. The van der Waals surface area contributed by atoms with Crippen LogP contribution in [0.15, 0.2) is 52.5 Å². The minimum atomic E-state index is -2.37. The van der Waals surface area contributed by atoms with Crippen molar-refractivity contribution in [2.45, 2.75) is 155 Å². The summed E-state index contributed by atoms with van der Waals surface area (Å²) in [5.74, 6) is 1.07. The van der Waals surface area contributed by atoms with Crippen LogP contribution in [0.2, 0.25) is 18.1 Å². The normalized spacial score (nSPS) is 21.0. The van der Waals surface area contributed by atoms with Crippen LogP contribution in [-0.2, 0) is 30.0 Å². The number of rotatable bonds is 19. The highest BCUT2D eigenvalue weighted by atomic mass is 28.4. The number of aliphatic imine (C=N–C) groups is 2. The summed E-state index contributed by atoms with van der Waals surface area (Å²) >= 11 is 0. The lowest BCUT2D eigenvalue weighted by Crippen LogP contribution is -2.60. The van der Waals surface area contributed by atoms with Crippen LogP contribution in [0.1, 0.15) is 106 Å². The van der Waals surface area contributed by atoms with Gasteiger partial charge in [-0.1, -0.05) is 89.4 Å². The number of Topliss-reactive ketones (excluding diaryl/α,β-unsaturated/α-hetero) is 1. The first-order valence-corrected chi connectivity index (χ1v) is 20.2. The SMILES string of the molecule is CCCCCCC(=O)CC/C=C/[C@H](O[Si](C)(C)C(C)(C)C)[C@@H](OCc1ccccc1)[C@H](O)[C@]1(C)N=C(OCC)[C@@H](C)N=C1OCC. The number of unbranched alkanes of at least 4 members (excludes halogenated alkanes) is 3. The van der Waals surface area contributed by atoms with Gasteiger partial charge in [0.1, 0.15) is 24.0 Å². The third-order valence-corrected chi connectivity index (χ3v) is 13.4. The van der Waals surface area contributed by atoms with E-state index >= 15 is 0 Å². The number of hydrogen-bond donors (Lipinski definition) is 1. The van der Waals surface area contributed by atoms with Crippen molar-refractivity contribution in [2.24, 2.45) is 9.98 Å². The number of aliphatic hydroxyl groups is 1. The Bertz CT molecular complexity index is 1150. The van der Waals surface area contributed by atoms with Gasteiger partial charge in [-0.15, -0.1) is 0 Å². The highest BCUT2D eigenvalue weighted by molar-refractivity contribution is 6.74. The summed E-state index contributed by atoms with van der Waals surface area (Å²) in [7, 11) is -2.37. The van der Waals surface area contributed by atoms with E-state index in [1.54, 1.807) is 0 Å². The molecule has 8 nitrogen and oxygen atoms in total. The van der Waals surface area contributed by atoms with Gasteiger partial charge in [0.25, 0.3) is 0 Å². The molecule has 1 N–H and O–H groups in total. The first kappa shape index (κ1) is 39.8. The second-order valence-corrected chi connectivity index (χ2v) is 18.7. The van der Waals surface area contributed by atoms with Crippen LogP contribution in [-0.4, -0.2) is 74.1 Å². The highest BCUT2D eigenvalue weighted by Crippen LogP contribution is 2.39. The largest absolute Gasteiger partial charge is 0.480 e. The Balaban J connectivity index is 2.53. The molecule has 9 heteroatoms. The molecule has 0 fully saturated rings. The predicted octanol–water partition coefficient (Wildman–Crippen LogP) is 8.23. The van der Waals surface area contributed by atoms with Crippen molar-refractivity contribution in [3.05, 3.63) is 48.0 Å². The summed E-state index contributed by atoms with van der Waals surface area (Å²) < 4.78 is 25.6. The summed E-state index contributed by atoms with van der Waals surface area (Å²) in [6.07, 6.45) is 7.36. The minimum absolute atomic E-state index is 0.0924. The number of benzene rings is 1. The molecule has 0 radical (unpaired) electrons. The van der Waals surface area contributed by atoms with E-state index in [0.29, 0.717) is 44.3 Å². The molecule has 1 heterocycles. The summed E-state index contributed by atoms with van der Waals surface area (Å²) in [6.45, 7) is 21.7. The second kappa shape index (κ2) is 18.9. The molecule has 0 bridgehead atoms. The zero-order valence-corrected chi connectivity index (χ0v) is 31.3. The Hall–Kier alpha value is -2.33. The van der Waals surface area contributed by atoms with Gasteiger partial charge in [-0.3, -0.25) is 4.79 Å². The quantitative estimate of drug-likeness (QED) is 0.0914. The molecule has 0 saturated heterocycles. The average molecular weight is 659 g/mol. The lowest BCUT2D eigenvalue weighted by molar-refractivity contribution is -0.119. The van der Waals surface area contributed by atoms with Crippen LogP contribution in [0.4, 0.5) is 0 Å². The Morgan fingerprint density at radius 3 is 2.33 bits per heavy atom. The summed E-state index contributed by atoms with van der Waals surface area (Å²) in [5, 5.41) is 12.3. The van der Waals surface area contributed by atoms with Gasteiger partial charge in [-0.2, -0.15) is 0 Å². The summed E-state index contributed by atoms with van der Waals surface area (Å²) in [6, 6.07) is 9.55. The fourth-order valence-corrected chi connectivity index (χ4v) is 6.33. The number of allylic oxidation sites excluding steroid dienone is 1. The van der Waals surface area contributed by atoms with Crippen LogP contribution < -0.4 is 0 Å². The third kappa shape index (κ3) is 11.7. The highest BCUT2D eigenvalue weighted by Gasteiger charge is 2.51. The number of aliphatic hydroxyl groups excluding tert-OH is 1. The van der Waals surface area contributed by atoms with Gasteiger partial charge in [0.05, 0.1) is 25.9 Å². The third-order valence-electron chi connectivity index (χ3n) is 8.97. The summed E-state index contributed by atoms with van der Waals surface area (Å²) in [5.41, 5.74) is -0.311. The first-order chi connectivity index (χ1) is 21.7. The summed E-state index contributed by atoms with van der Waals surface area (Å²) in [4.78, 5) is 22.3. The van der Waals surface area contributed by atoms with E-state index in [4.69, 9.17) is 28.6 Å². The first-order valence-electron chi connectivity index (χ1n) is 17.3. The van der Waals surface area contributed by atoms with Gasteiger partial charge in [-0.25, -0.2) is 9.98 Å². The molecule has 1 aromatic rings. The maximum atomic E-state index is 12.6. The van der Waals surface area contributed by atoms with Crippen LogP contribution in [0, 0.1) is 0 Å². The molecule has 46 heavy (non-hydrogen) atoms. The van der Waals surface area contributed by atoms with E-state index in [2.05, 4.69) is 40.8 Å². The maximum Gasteiger partial charge on any atom is 0.215 e. The number of ketones is 1. The number of carbonyl (C=O) groups is 1. The van der Waals surface area contributed by atoms with E-state index in [1.165, 1.54) is 0 Å². The molecule has 1 aliphatic heterocycles. The topological polar surface area (TPSA) is 98.9 Å². The molecule has 260 valence electrons. The van der Waals surface area contributed by atoms with Crippen molar-refractivity contribution in [1.82, 2.24) is 0 Å². The zero-order chi connectivity index (χ0) is 34.4. The van der Waals surface area contributed by atoms with Crippen molar-refractivity contribution in [1.29, 1.82) is 0 Å². The van der Waals surface area contributed by atoms with Crippen molar-refractivity contribution < 1.29 is 28.5 Å². The van der Waals surface area contributed by atoms with Crippen molar-refractivity contribution in [2.75, 3.05) is 13.2 Å². The molecule has 0 aromatic heterocycles. The van der Waals surface area contributed by atoms with Crippen molar-refractivity contribution in [3.8, 4) is 0 Å². The van der Waals surface area contributed by atoms with Gasteiger partial charge in [0.15, 0.2) is 13.9 Å². The molecular weight excluding hydrogens is 597 g/mol. The van der Waals surface area contributed by atoms with Gasteiger partial charge < -0.3 is 23.7 Å². The molecule has 1 aromatic carbocycles. The van der Waals surface area contributed by atoms with E-state index in [0.717, 1.165) is 31.2 Å². The predicted molar refractivity (Wildman–Crippen MR) is 191 cm³/mol. The number of nitrogens with zero attached hydrogens (tertiary/aromatic N) is 2. The zero-order valence-electron chi connectivity index (χ0n) is 30.3. The standard InChI is InChI=1S/C37H62N2O6Si/c1-11-14-15-19-24-30(40)25-20-21-26-31(45-46(9,10)36(5,6)7)32(44-27-29-22-17-16-18-23-29)33(41)37(8)35(43-13-3)38-28(4)34(39-37)42-12-2/h16-18,21-23,26,28,31-33,41H,11-15,19-20,24-25,27H2,1-10H3/b26-21+/t28-,31+,32-,33+,37+/m1/s1. The fraction of sp³-hybridized carbons (Fsp3) is 0.703. The Morgan fingerprint density at radius 1 is 1.04 bits per heavy atom. The van der Waals surface area contributed by atoms with E-state index in [-0.39, 0.29) is 23.5 Å². The van der Waals surface area contributed by atoms with Crippen LogP contribution >= 0.6 is 0 Å². The van der Waals surface area contributed by atoms with E-state index in [9.17, 15) is 9.90 Å². The van der Waals surface area contributed by atoms with Crippen molar-refractivity contribution >= 4 is 25.9 Å². The molecule has 0 saturated carbocycles. The smallest absolute Gasteiger partial charge is 0.215 e. The van der Waals surface area contributed by atoms with Gasteiger partial charge >= 0.3 is 0 Å². The monoisotopic (exact) mass is 658 g/mol. The maximum absolute atomic E-state index is 12.6. The molecule has 5 atom stereocenters. The Morgan fingerprint density at radius 2 is 1.72 bits per heavy atom. The molecule has 0 unspecified atom stereocenters. The fourth-order valence-electron chi connectivity index (χ4n) is 5.08. The molecule has 0 aliphatic carbocycles. The molecule has 2 rings (SSSR count). The van der Waals surface area contributed by atoms with Crippen LogP contribution in [0.3, 0.4) is 0 Å². The molecule has 1 aliphatic rings. The Labute approximate surface area is 280 Å². The van der Waals surface area contributed by atoms with Crippen LogP contribution in [0.5, 0.6) is 0 Å². The lowest BCUT2D eigenvalue weighted by Gasteiger charge is -2.44.